The summed E-state index contributed by atoms with van der Waals surface area (Å²) in [6.07, 6.45) is 0. The smallest absolute Gasteiger partial charge is 0.294 e. The molecule has 6 N–H and O–H groups in total. The molecule has 0 bridgehead atoms. The molecule has 0 unspecified atom stereocenters. The van der Waals surface area contributed by atoms with Crippen molar-refractivity contribution in [2.24, 2.45) is 0 Å². The molecule has 4 aromatic rings. The van der Waals surface area contributed by atoms with Gasteiger partial charge in [0.1, 0.15) is 0 Å². The summed E-state index contributed by atoms with van der Waals surface area (Å²) < 4.78 is 61.2. The van der Waals surface area contributed by atoms with Gasteiger partial charge in [-0.15, -0.1) is 0 Å². The van der Waals surface area contributed by atoms with Crippen LogP contribution >= 0.6 is 0 Å². The first kappa shape index (κ1) is 21.5. The van der Waals surface area contributed by atoms with E-state index < -0.39 is 20.2 Å². The van der Waals surface area contributed by atoms with Crippen LogP contribution in [0.3, 0.4) is 0 Å². The number of rotatable bonds is 2. The Labute approximate surface area is 173 Å². The number of hydrogen-bond donors (Lipinski definition) is 4. The number of benzene rings is 4. The number of hydrogen-bond acceptors (Lipinski definition) is 6. The minimum atomic E-state index is -4.15. The van der Waals surface area contributed by atoms with Crippen LogP contribution in [-0.2, 0) is 20.2 Å². The first-order valence-electron chi connectivity index (χ1n) is 8.47. The molecule has 156 valence electrons. The topological polar surface area (TPSA) is 161 Å². The molecule has 0 aromatic heterocycles. The van der Waals surface area contributed by atoms with E-state index in [0.29, 0.717) is 16.8 Å². The minimum Gasteiger partial charge on any atom is -0.399 e. The fourth-order valence-electron chi connectivity index (χ4n) is 2.81. The van der Waals surface area contributed by atoms with Gasteiger partial charge in [0.05, 0.1) is 9.79 Å². The molecule has 30 heavy (non-hydrogen) atoms. The second kappa shape index (κ2) is 7.92. The van der Waals surface area contributed by atoms with Crippen LogP contribution < -0.4 is 11.5 Å². The SMILES string of the molecule is Nc1ccc2cc(S(=O)(=O)O)ccc2c1.Nc1ccc2ccc(S(=O)(=O)O)cc2c1. The molecule has 0 aliphatic heterocycles. The zero-order valence-corrected chi connectivity index (χ0v) is 17.1. The van der Waals surface area contributed by atoms with E-state index in [9.17, 15) is 16.8 Å². The molecule has 8 nitrogen and oxygen atoms in total. The summed E-state index contributed by atoms with van der Waals surface area (Å²) in [7, 11) is -8.28. The van der Waals surface area contributed by atoms with Gasteiger partial charge in [-0.25, -0.2) is 0 Å². The van der Waals surface area contributed by atoms with Gasteiger partial charge < -0.3 is 11.5 Å². The molecule has 0 amide bonds. The Morgan fingerprint density at radius 3 is 1.40 bits per heavy atom. The molecule has 0 spiro atoms. The minimum absolute atomic E-state index is 0.111. The van der Waals surface area contributed by atoms with E-state index >= 15 is 0 Å². The van der Waals surface area contributed by atoms with Gasteiger partial charge in [0, 0.05) is 11.4 Å². The number of fused-ring (bicyclic) bond motifs is 2. The highest BCUT2D eigenvalue weighted by atomic mass is 32.2. The molecular weight excluding hydrogens is 428 g/mol. The summed E-state index contributed by atoms with van der Waals surface area (Å²) in [6, 6.07) is 19.0. The van der Waals surface area contributed by atoms with E-state index in [1.807, 2.05) is 0 Å². The van der Waals surface area contributed by atoms with Crippen LogP contribution in [-0.4, -0.2) is 25.9 Å². The van der Waals surface area contributed by atoms with Crippen LogP contribution in [0.1, 0.15) is 0 Å². The van der Waals surface area contributed by atoms with Gasteiger partial charge in [0.2, 0.25) is 0 Å². The quantitative estimate of drug-likeness (QED) is 0.269. The van der Waals surface area contributed by atoms with Crippen LogP contribution in [0.25, 0.3) is 21.5 Å². The summed E-state index contributed by atoms with van der Waals surface area (Å²) in [4.78, 5) is -0.236. The average molecular weight is 447 g/mol. The third kappa shape index (κ3) is 5.05. The maximum atomic E-state index is 10.9. The lowest BCUT2D eigenvalue weighted by Crippen LogP contribution is -1.97. The van der Waals surface area contributed by atoms with Crippen LogP contribution in [0.4, 0.5) is 11.4 Å². The first-order chi connectivity index (χ1) is 13.9. The standard InChI is InChI=1S/2C10H9NO3S/c11-9-3-1-8-6-10(15(12,13)14)4-2-7(8)5-9;11-9-3-1-7-2-4-10(15(12,13)14)6-8(7)5-9/h2*1-6H,11H2,(H,12,13,14). The number of nitrogen functional groups attached to an aromatic ring is 2. The molecule has 0 saturated heterocycles. The molecule has 10 heteroatoms. The highest BCUT2D eigenvalue weighted by molar-refractivity contribution is 7.86. The highest BCUT2D eigenvalue weighted by Gasteiger charge is 2.10. The molecule has 0 fully saturated rings. The molecule has 4 aromatic carbocycles. The largest absolute Gasteiger partial charge is 0.399 e. The predicted octanol–water partition coefficient (Wildman–Crippen LogP) is 3.34. The van der Waals surface area contributed by atoms with Crippen molar-refractivity contribution in [3.63, 3.8) is 0 Å². The van der Waals surface area contributed by atoms with Crippen molar-refractivity contribution in [3.8, 4) is 0 Å². The summed E-state index contributed by atoms with van der Waals surface area (Å²) in [5.41, 5.74) is 12.3. The Bertz CT molecular complexity index is 1470. The molecule has 4 rings (SSSR count). The molecule has 0 saturated carbocycles. The van der Waals surface area contributed by atoms with Crippen molar-refractivity contribution in [3.05, 3.63) is 72.8 Å². The zero-order chi connectivity index (χ0) is 22.1. The van der Waals surface area contributed by atoms with Crippen molar-refractivity contribution in [2.45, 2.75) is 9.79 Å². The van der Waals surface area contributed by atoms with E-state index in [0.717, 1.165) is 16.2 Å². The van der Waals surface area contributed by atoms with Crippen molar-refractivity contribution in [1.29, 1.82) is 0 Å². The van der Waals surface area contributed by atoms with E-state index in [4.69, 9.17) is 20.6 Å². The molecule has 0 aliphatic carbocycles. The second-order valence-corrected chi connectivity index (χ2v) is 9.33. The number of anilines is 2. The zero-order valence-electron chi connectivity index (χ0n) is 15.4. The van der Waals surface area contributed by atoms with E-state index in [-0.39, 0.29) is 9.79 Å². The third-order valence-electron chi connectivity index (χ3n) is 4.27. The van der Waals surface area contributed by atoms with Crippen molar-refractivity contribution in [2.75, 3.05) is 11.5 Å². The Morgan fingerprint density at radius 2 is 0.867 bits per heavy atom. The Balaban J connectivity index is 0.000000171. The lowest BCUT2D eigenvalue weighted by Gasteiger charge is -2.01. The fraction of sp³-hybridized carbons (Fsp3) is 0. The Hall–Kier alpha value is -3.18. The molecule has 0 radical (unpaired) electrons. The summed E-state index contributed by atoms with van der Waals surface area (Å²) >= 11 is 0. The van der Waals surface area contributed by atoms with Gasteiger partial charge >= 0.3 is 0 Å². The maximum Gasteiger partial charge on any atom is 0.294 e. The van der Waals surface area contributed by atoms with Crippen LogP contribution in [0, 0.1) is 0 Å². The molecule has 0 atom stereocenters. The summed E-state index contributed by atoms with van der Waals surface area (Å²) in [5, 5.41) is 3.11. The van der Waals surface area contributed by atoms with E-state index in [1.54, 1.807) is 48.5 Å². The van der Waals surface area contributed by atoms with E-state index in [2.05, 4.69) is 0 Å². The van der Waals surface area contributed by atoms with Crippen LogP contribution in [0.5, 0.6) is 0 Å². The van der Waals surface area contributed by atoms with Gasteiger partial charge in [0.25, 0.3) is 20.2 Å². The van der Waals surface area contributed by atoms with E-state index in [1.165, 1.54) is 24.3 Å². The van der Waals surface area contributed by atoms with Crippen LogP contribution in [0.2, 0.25) is 0 Å². The second-order valence-electron chi connectivity index (χ2n) is 6.49. The summed E-state index contributed by atoms with van der Waals surface area (Å²) in [5.74, 6) is 0. The van der Waals surface area contributed by atoms with Crippen molar-refractivity contribution in [1.82, 2.24) is 0 Å². The number of nitrogens with two attached hydrogens (primary N) is 2. The van der Waals surface area contributed by atoms with Gasteiger partial charge in [-0.2, -0.15) is 16.8 Å². The van der Waals surface area contributed by atoms with Crippen LogP contribution in [0.15, 0.2) is 82.6 Å². The molecular formula is C20H18N2O6S2. The maximum absolute atomic E-state index is 10.9. The van der Waals surface area contributed by atoms with Gasteiger partial charge in [-0.1, -0.05) is 24.3 Å². The predicted molar refractivity (Wildman–Crippen MR) is 116 cm³/mol. The third-order valence-corrected chi connectivity index (χ3v) is 5.97. The Morgan fingerprint density at radius 1 is 0.500 bits per heavy atom. The average Bonchev–Trinajstić information content (AvgIpc) is 2.66. The fourth-order valence-corrected chi connectivity index (χ4v) is 3.84. The molecule has 0 heterocycles. The van der Waals surface area contributed by atoms with Gasteiger partial charge in [0.15, 0.2) is 0 Å². The first-order valence-corrected chi connectivity index (χ1v) is 11.3. The lowest BCUT2D eigenvalue weighted by molar-refractivity contribution is 0.481. The Kier molecular flexibility index (Phi) is 5.68. The van der Waals surface area contributed by atoms with Crippen molar-refractivity contribution < 1.29 is 25.9 Å². The lowest BCUT2D eigenvalue weighted by atomic mass is 10.1. The summed E-state index contributed by atoms with van der Waals surface area (Å²) in [6.45, 7) is 0. The van der Waals surface area contributed by atoms with Gasteiger partial charge in [-0.05, 0) is 70.1 Å². The monoisotopic (exact) mass is 446 g/mol. The highest BCUT2D eigenvalue weighted by Crippen LogP contribution is 2.22. The van der Waals surface area contributed by atoms with Crippen molar-refractivity contribution >= 4 is 53.2 Å². The molecule has 0 aliphatic rings. The normalized spacial score (nSPS) is 11.8. The van der Waals surface area contributed by atoms with Gasteiger partial charge in [-0.3, -0.25) is 9.11 Å².